The second-order valence-corrected chi connectivity index (χ2v) is 6.78. The van der Waals surface area contributed by atoms with Crippen LogP contribution in [0.2, 0.25) is 0 Å². The molecular formula is C19H30ClNO2. The largest absolute Gasteiger partial charge is 0.469 e. The summed E-state index contributed by atoms with van der Waals surface area (Å²) in [5, 5.41) is 0. The second-order valence-electron chi connectivity index (χ2n) is 6.78. The van der Waals surface area contributed by atoms with Crippen molar-refractivity contribution < 1.29 is 9.53 Å². The molecule has 1 atom stereocenters. The average molecular weight is 340 g/mol. The van der Waals surface area contributed by atoms with Crippen LogP contribution in [0.4, 0.5) is 0 Å². The summed E-state index contributed by atoms with van der Waals surface area (Å²) in [5.41, 5.74) is 2.41. The highest BCUT2D eigenvalue weighted by molar-refractivity contribution is 5.85. The van der Waals surface area contributed by atoms with Crippen LogP contribution >= 0.6 is 12.4 Å². The van der Waals surface area contributed by atoms with Crippen LogP contribution < -0.4 is 0 Å². The van der Waals surface area contributed by atoms with Gasteiger partial charge in [0.15, 0.2) is 0 Å². The summed E-state index contributed by atoms with van der Waals surface area (Å²) >= 11 is 0. The Morgan fingerprint density at radius 2 is 1.74 bits per heavy atom. The zero-order valence-corrected chi connectivity index (χ0v) is 15.4. The minimum Gasteiger partial charge on any atom is -0.469 e. The number of piperidine rings is 1. The quantitative estimate of drug-likeness (QED) is 0.732. The van der Waals surface area contributed by atoms with Crippen LogP contribution in [-0.2, 0) is 16.0 Å². The number of benzene rings is 1. The molecule has 1 fully saturated rings. The lowest BCUT2D eigenvalue weighted by atomic mass is 9.94. The third-order valence-electron chi connectivity index (χ3n) is 4.40. The van der Waals surface area contributed by atoms with Crippen LogP contribution in [0.15, 0.2) is 24.3 Å². The standard InChI is InChI=1S/C19H29NO2.ClH/c1-15(2)13-16-7-9-17(10-8-16)18(19(21)22-3)14-20-11-5-4-6-12-20;/h7-10,15,18H,4-6,11-14H2,1-3H3;1H. The SMILES string of the molecule is COC(=O)C(CN1CCCCC1)c1ccc(CC(C)C)cc1.Cl. The van der Waals surface area contributed by atoms with Gasteiger partial charge in [0.2, 0.25) is 0 Å². The number of likely N-dealkylation sites (tertiary alicyclic amines) is 1. The van der Waals surface area contributed by atoms with E-state index in [4.69, 9.17) is 4.74 Å². The molecule has 1 saturated heterocycles. The summed E-state index contributed by atoms with van der Waals surface area (Å²) in [6.07, 6.45) is 4.86. The van der Waals surface area contributed by atoms with Crippen LogP contribution in [0.3, 0.4) is 0 Å². The van der Waals surface area contributed by atoms with E-state index >= 15 is 0 Å². The molecule has 130 valence electrons. The Morgan fingerprint density at radius 1 is 1.13 bits per heavy atom. The highest BCUT2D eigenvalue weighted by Crippen LogP contribution is 2.22. The van der Waals surface area contributed by atoms with Crippen molar-refractivity contribution >= 4 is 18.4 Å². The van der Waals surface area contributed by atoms with Crippen molar-refractivity contribution in [1.82, 2.24) is 4.90 Å². The molecule has 1 heterocycles. The number of rotatable bonds is 6. The Morgan fingerprint density at radius 3 is 2.26 bits per heavy atom. The van der Waals surface area contributed by atoms with Gasteiger partial charge in [-0.1, -0.05) is 44.5 Å². The smallest absolute Gasteiger partial charge is 0.314 e. The van der Waals surface area contributed by atoms with E-state index in [0.717, 1.165) is 31.6 Å². The zero-order valence-electron chi connectivity index (χ0n) is 14.6. The summed E-state index contributed by atoms with van der Waals surface area (Å²) in [5.74, 6) is 0.356. The number of methoxy groups -OCH3 is 1. The molecule has 0 N–H and O–H groups in total. The molecule has 0 aliphatic carbocycles. The van der Waals surface area contributed by atoms with E-state index in [0.29, 0.717) is 5.92 Å². The molecule has 1 aliphatic rings. The van der Waals surface area contributed by atoms with Gasteiger partial charge in [-0.05, 0) is 49.4 Å². The van der Waals surface area contributed by atoms with Gasteiger partial charge in [-0.2, -0.15) is 0 Å². The molecule has 0 spiro atoms. The first-order chi connectivity index (χ1) is 10.6. The Bertz CT molecular complexity index is 467. The van der Waals surface area contributed by atoms with E-state index in [9.17, 15) is 4.79 Å². The Balaban J connectivity index is 0.00000264. The molecule has 4 heteroatoms. The fourth-order valence-electron chi connectivity index (χ4n) is 3.22. The fraction of sp³-hybridized carbons (Fsp3) is 0.632. The molecule has 0 radical (unpaired) electrons. The lowest BCUT2D eigenvalue weighted by molar-refractivity contribution is -0.143. The van der Waals surface area contributed by atoms with Crippen molar-refractivity contribution in [2.24, 2.45) is 5.92 Å². The normalized spacial score (nSPS) is 16.7. The molecule has 1 unspecified atom stereocenters. The molecule has 0 amide bonds. The Kier molecular flexibility index (Phi) is 8.64. The van der Waals surface area contributed by atoms with E-state index in [-0.39, 0.29) is 24.3 Å². The zero-order chi connectivity index (χ0) is 15.9. The minimum atomic E-state index is -0.170. The minimum absolute atomic E-state index is 0. The average Bonchev–Trinajstić information content (AvgIpc) is 2.53. The van der Waals surface area contributed by atoms with Crippen LogP contribution in [-0.4, -0.2) is 37.6 Å². The number of nitrogens with zero attached hydrogens (tertiary/aromatic N) is 1. The molecular weight excluding hydrogens is 310 g/mol. The maximum Gasteiger partial charge on any atom is 0.314 e. The van der Waals surface area contributed by atoms with E-state index in [1.165, 1.54) is 31.9 Å². The molecule has 1 aromatic carbocycles. The summed E-state index contributed by atoms with van der Waals surface area (Å²) in [6, 6.07) is 8.51. The highest BCUT2D eigenvalue weighted by Gasteiger charge is 2.25. The number of esters is 1. The monoisotopic (exact) mass is 339 g/mol. The van der Waals surface area contributed by atoms with Gasteiger partial charge in [-0.15, -0.1) is 12.4 Å². The summed E-state index contributed by atoms with van der Waals surface area (Å²) in [6.45, 7) is 7.41. The summed E-state index contributed by atoms with van der Waals surface area (Å²) < 4.78 is 5.04. The summed E-state index contributed by atoms with van der Waals surface area (Å²) in [4.78, 5) is 14.6. The topological polar surface area (TPSA) is 29.5 Å². The van der Waals surface area contributed by atoms with Crippen molar-refractivity contribution in [3.05, 3.63) is 35.4 Å². The Labute approximate surface area is 146 Å². The van der Waals surface area contributed by atoms with Crippen molar-refractivity contribution in [1.29, 1.82) is 0 Å². The first-order valence-electron chi connectivity index (χ1n) is 8.49. The van der Waals surface area contributed by atoms with Gasteiger partial charge >= 0.3 is 5.97 Å². The molecule has 0 aromatic heterocycles. The molecule has 2 rings (SSSR count). The molecule has 0 saturated carbocycles. The van der Waals surface area contributed by atoms with E-state index in [2.05, 4.69) is 43.0 Å². The van der Waals surface area contributed by atoms with Gasteiger partial charge in [0.1, 0.15) is 0 Å². The van der Waals surface area contributed by atoms with Crippen molar-refractivity contribution in [3.63, 3.8) is 0 Å². The fourth-order valence-corrected chi connectivity index (χ4v) is 3.22. The molecule has 3 nitrogen and oxygen atoms in total. The van der Waals surface area contributed by atoms with Gasteiger partial charge in [-0.25, -0.2) is 0 Å². The third kappa shape index (κ3) is 6.15. The van der Waals surface area contributed by atoms with Crippen LogP contribution in [0.1, 0.15) is 50.2 Å². The van der Waals surface area contributed by atoms with Crippen molar-refractivity contribution in [2.75, 3.05) is 26.7 Å². The first-order valence-corrected chi connectivity index (χ1v) is 8.49. The highest BCUT2D eigenvalue weighted by atomic mass is 35.5. The lowest BCUT2D eigenvalue weighted by Gasteiger charge is -2.29. The van der Waals surface area contributed by atoms with Gasteiger partial charge in [0.05, 0.1) is 13.0 Å². The number of hydrogen-bond donors (Lipinski definition) is 0. The number of halogens is 1. The maximum atomic E-state index is 12.2. The van der Waals surface area contributed by atoms with Crippen molar-refractivity contribution in [2.45, 2.75) is 45.4 Å². The van der Waals surface area contributed by atoms with Gasteiger partial charge in [0, 0.05) is 6.54 Å². The van der Waals surface area contributed by atoms with E-state index in [1.54, 1.807) is 0 Å². The molecule has 1 aliphatic heterocycles. The first kappa shape index (κ1) is 20.0. The predicted molar refractivity (Wildman–Crippen MR) is 97.3 cm³/mol. The summed E-state index contributed by atoms with van der Waals surface area (Å²) in [7, 11) is 1.48. The van der Waals surface area contributed by atoms with E-state index in [1.807, 2.05) is 0 Å². The van der Waals surface area contributed by atoms with Gasteiger partial charge in [0.25, 0.3) is 0 Å². The van der Waals surface area contributed by atoms with Crippen LogP contribution in [0.25, 0.3) is 0 Å². The van der Waals surface area contributed by atoms with Crippen LogP contribution in [0.5, 0.6) is 0 Å². The number of carbonyl (C=O) groups excluding carboxylic acids is 1. The van der Waals surface area contributed by atoms with Crippen molar-refractivity contribution in [3.8, 4) is 0 Å². The molecule has 0 bridgehead atoms. The number of hydrogen-bond acceptors (Lipinski definition) is 3. The Hall–Kier alpha value is -1.06. The van der Waals surface area contributed by atoms with Gasteiger partial charge < -0.3 is 9.64 Å². The maximum absolute atomic E-state index is 12.2. The second kappa shape index (κ2) is 9.94. The lowest BCUT2D eigenvalue weighted by Crippen LogP contribution is -2.36. The van der Waals surface area contributed by atoms with Crippen LogP contribution in [0, 0.1) is 5.92 Å². The molecule has 23 heavy (non-hydrogen) atoms. The number of carbonyl (C=O) groups is 1. The molecule has 1 aromatic rings. The predicted octanol–water partition coefficient (Wildman–Crippen LogP) is 4.05. The number of ether oxygens (including phenoxy) is 1. The van der Waals surface area contributed by atoms with E-state index < -0.39 is 0 Å². The third-order valence-corrected chi connectivity index (χ3v) is 4.40. The van der Waals surface area contributed by atoms with Gasteiger partial charge in [-0.3, -0.25) is 4.79 Å².